The summed E-state index contributed by atoms with van der Waals surface area (Å²) in [5.41, 5.74) is 1.85. The van der Waals surface area contributed by atoms with Crippen LogP contribution in [-0.4, -0.2) is 36.8 Å². The van der Waals surface area contributed by atoms with Gasteiger partial charge in [-0.15, -0.1) is 0 Å². The Hall–Kier alpha value is -2.57. The number of halogens is 2. The number of hydrogen-bond donors (Lipinski definition) is 1. The second-order valence-corrected chi connectivity index (χ2v) is 6.90. The Balaban J connectivity index is 1.46. The number of anilines is 2. The number of hydrogen-bond acceptors (Lipinski definition) is 3. The molecule has 0 radical (unpaired) electrons. The average molecular weight is 388 g/mol. The highest BCUT2D eigenvalue weighted by Gasteiger charge is 2.16. The maximum absolute atomic E-state index is 14.5. The summed E-state index contributed by atoms with van der Waals surface area (Å²) in [6, 6.07) is 12.2. The van der Waals surface area contributed by atoms with E-state index in [-0.39, 0.29) is 18.3 Å². The van der Waals surface area contributed by atoms with Crippen LogP contribution in [0.5, 0.6) is 0 Å². The van der Waals surface area contributed by atoms with Gasteiger partial charge >= 0.3 is 0 Å². The Bertz CT molecular complexity index is 983. The fourth-order valence-corrected chi connectivity index (χ4v) is 3.46. The lowest BCUT2D eigenvalue weighted by atomic mass is 10.2. The number of nitrogens with one attached hydrogen (secondary N) is 1. The fourth-order valence-electron chi connectivity index (χ4n) is 3.30. The molecule has 1 aliphatic heterocycles. The van der Waals surface area contributed by atoms with Crippen molar-refractivity contribution in [2.45, 2.75) is 6.54 Å². The standard InChI is InChI=1S/C20H19ClFN3O2/c21-15-2-1-14-5-6-25(19(14)11-15)13-20(26)23-16-3-4-18(17(22)12-16)24-7-9-27-10-8-24/h1-6,11-12H,7-10,13H2,(H,23,26). The van der Waals surface area contributed by atoms with E-state index in [1.165, 1.54) is 6.07 Å². The van der Waals surface area contributed by atoms with Crippen LogP contribution in [-0.2, 0) is 16.1 Å². The first kappa shape index (κ1) is 17.8. The van der Waals surface area contributed by atoms with Gasteiger partial charge in [0, 0.05) is 35.5 Å². The highest BCUT2D eigenvalue weighted by molar-refractivity contribution is 6.31. The summed E-state index contributed by atoms with van der Waals surface area (Å²) in [5, 5.41) is 4.38. The fraction of sp³-hybridized carbons (Fsp3) is 0.250. The zero-order valence-electron chi connectivity index (χ0n) is 14.6. The third-order valence-electron chi connectivity index (χ3n) is 4.63. The Morgan fingerprint density at radius 3 is 2.74 bits per heavy atom. The van der Waals surface area contributed by atoms with Gasteiger partial charge in [0.15, 0.2) is 0 Å². The van der Waals surface area contributed by atoms with Gasteiger partial charge in [-0.25, -0.2) is 4.39 Å². The maximum atomic E-state index is 14.5. The number of ether oxygens (including phenoxy) is 1. The minimum absolute atomic E-state index is 0.122. The summed E-state index contributed by atoms with van der Waals surface area (Å²) in [6.45, 7) is 2.62. The van der Waals surface area contributed by atoms with E-state index in [1.54, 1.807) is 12.1 Å². The van der Waals surface area contributed by atoms with Crippen LogP contribution >= 0.6 is 11.6 Å². The molecule has 0 spiro atoms. The molecule has 27 heavy (non-hydrogen) atoms. The molecule has 0 unspecified atom stereocenters. The van der Waals surface area contributed by atoms with Gasteiger partial charge in [-0.05, 0) is 41.8 Å². The molecule has 2 aromatic carbocycles. The third kappa shape index (κ3) is 3.91. The Labute approximate surface area is 161 Å². The molecule has 5 nitrogen and oxygen atoms in total. The Kier molecular flexibility index (Phi) is 5.01. The first-order valence-electron chi connectivity index (χ1n) is 8.77. The second-order valence-electron chi connectivity index (χ2n) is 6.46. The largest absolute Gasteiger partial charge is 0.378 e. The number of rotatable bonds is 4. The van der Waals surface area contributed by atoms with Crippen molar-refractivity contribution < 1.29 is 13.9 Å². The average Bonchev–Trinajstić information content (AvgIpc) is 3.04. The predicted molar refractivity (Wildman–Crippen MR) is 105 cm³/mol. The van der Waals surface area contributed by atoms with Gasteiger partial charge in [0.25, 0.3) is 0 Å². The van der Waals surface area contributed by atoms with Crippen LogP contribution in [0.25, 0.3) is 10.9 Å². The monoisotopic (exact) mass is 387 g/mol. The van der Waals surface area contributed by atoms with Gasteiger partial charge in [0.2, 0.25) is 5.91 Å². The summed E-state index contributed by atoms with van der Waals surface area (Å²) < 4.78 is 21.6. The topological polar surface area (TPSA) is 46.5 Å². The number of fused-ring (bicyclic) bond motifs is 1. The van der Waals surface area contributed by atoms with Crippen LogP contribution in [0, 0.1) is 5.82 Å². The van der Waals surface area contributed by atoms with Crippen LogP contribution in [0.4, 0.5) is 15.8 Å². The lowest BCUT2D eigenvalue weighted by Gasteiger charge is -2.29. The molecule has 0 atom stereocenters. The van der Waals surface area contributed by atoms with Crippen molar-refractivity contribution in [3.05, 3.63) is 59.5 Å². The SMILES string of the molecule is O=C(Cn1ccc2ccc(Cl)cc21)Nc1ccc(N2CCOCC2)c(F)c1. The van der Waals surface area contributed by atoms with Crippen molar-refractivity contribution in [3.8, 4) is 0 Å². The van der Waals surface area contributed by atoms with Gasteiger partial charge in [-0.2, -0.15) is 0 Å². The van der Waals surface area contributed by atoms with Gasteiger partial charge in [-0.1, -0.05) is 17.7 Å². The van der Waals surface area contributed by atoms with Crippen molar-refractivity contribution in [1.82, 2.24) is 4.57 Å². The van der Waals surface area contributed by atoms with E-state index in [0.29, 0.717) is 42.7 Å². The first-order valence-corrected chi connectivity index (χ1v) is 9.14. The van der Waals surface area contributed by atoms with Crippen LogP contribution < -0.4 is 10.2 Å². The number of benzene rings is 2. The summed E-state index contributed by atoms with van der Waals surface area (Å²) >= 11 is 6.04. The molecule has 1 aliphatic rings. The van der Waals surface area contributed by atoms with Crippen LogP contribution in [0.1, 0.15) is 0 Å². The molecule has 2 heterocycles. The van der Waals surface area contributed by atoms with E-state index >= 15 is 0 Å². The second kappa shape index (κ2) is 7.58. The molecule has 1 amide bonds. The summed E-state index contributed by atoms with van der Waals surface area (Å²) in [5.74, 6) is -0.584. The number of carbonyl (C=O) groups is 1. The normalized spacial score (nSPS) is 14.5. The molecule has 1 saturated heterocycles. The van der Waals surface area contributed by atoms with Gasteiger partial charge in [0.05, 0.1) is 18.9 Å². The lowest BCUT2D eigenvalue weighted by molar-refractivity contribution is -0.116. The molecular formula is C20H19ClFN3O2. The quantitative estimate of drug-likeness (QED) is 0.738. The Morgan fingerprint density at radius 1 is 1.15 bits per heavy atom. The minimum Gasteiger partial charge on any atom is -0.378 e. The van der Waals surface area contributed by atoms with Gasteiger partial charge < -0.3 is 19.5 Å². The van der Waals surface area contributed by atoms with Crippen LogP contribution in [0.3, 0.4) is 0 Å². The summed E-state index contributed by atoms with van der Waals surface area (Å²) in [6.07, 6.45) is 1.84. The predicted octanol–water partition coefficient (Wildman–Crippen LogP) is 3.91. The highest BCUT2D eigenvalue weighted by atomic mass is 35.5. The lowest BCUT2D eigenvalue weighted by Crippen LogP contribution is -2.36. The van der Waals surface area contributed by atoms with Crippen LogP contribution in [0.15, 0.2) is 48.7 Å². The molecule has 0 bridgehead atoms. The summed E-state index contributed by atoms with van der Waals surface area (Å²) in [4.78, 5) is 14.3. The van der Waals surface area contributed by atoms with Crippen molar-refractivity contribution in [3.63, 3.8) is 0 Å². The molecular weight excluding hydrogens is 369 g/mol. The van der Waals surface area contributed by atoms with Gasteiger partial charge in [-0.3, -0.25) is 4.79 Å². The zero-order valence-corrected chi connectivity index (χ0v) is 15.4. The molecule has 1 aromatic heterocycles. The number of carbonyl (C=O) groups excluding carboxylic acids is 1. The van der Waals surface area contributed by atoms with E-state index in [9.17, 15) is 9.18 Å². The van der Waals surface area contributed by atoms with E-state index in [1.807, 2.05) is 39.9 Å². The van der Waals surface area contributed by atoms with E-state index < -0.39 is 0 Å². The van der Waals surface area contributed by atoms with Crippen molar-refractivity contribution >= 4 is 39.8 Å². The number of aromatic nitrogens is 1. The van der Waals surface area contributed by atoms with E-state index in [2.05, 4.69) is 5.32 Å². The maximum Gasteiger partial charge on any atom is 0.244 e. The molecule has 1 fully saturated rings. The number of nitrogens with zero attached hydrogens (tertiary/aromatic N) is 2. The van der Waals surface area contributed by atoms with Crippen molar-refractivity contribution in [2.24, 2.45) is 0 Å². The van der Waals surface area contributed by atoms with E-state index in [0.717, 1.165) is 10.9 Å². The first-order chi connectivity index (χ1) is 13.1. The van der Waals surface area contributed by atoms with Crippen molar-refractivity contribution in [2.75, 3.05) is 36.5 Å². The molecule has 4 rings (SSSR count). The Morgan fingerprint density at radius 2 is 1.96 bits per heavy atom. The third-order valence-corrected chi connectivity index (χ3v) is 4.87. The van der Waals surface area contributed by atoms with E-state index in [4.69, 9.17) is 16.3 Å². The summed E-state index contributed by atoms with van der Waals surface area (Å²) in [7, 11) is 0. The molecule has 0 saturated carbocycles. The zero-order chi connectivity index (χ0) is 18.8. The molecule has 3 aromatic rings. The molecule has 140 valence electrons. The smallest absolute Gasteiger partial charge is 0.244 e. The van der Waals surface area contributed by atoms with Gasteiger partial charge in [0.1, 0.15) is 12.4 Å². The highest BCUT2D eigenvalue weighted by Crippen LogP contribution is 2.24. The van der Waals surface area contributed by atoms with Crippen LogP contribution in [0.2, 0.25) is 5.02 Å². The molecule has 7 heteroatoms. The number of morpholine rings is 1. The minimum atomic E-state index is -0.354. The molecule has 0 aliphatic carbocycles. The molecule has 1 N–H and O–H groups in total. The van der Waals surface area contributed by atoms with Crippen molar-refractivity contribution in [1.29, 1.82) is 0 Å². The number of amides is 1.